The maximum Gasteiger partial charge on any atom is 0.329 e. The molecule has 2 fully saturated rings. The zero-order valence-corrected chi connectivity index (χ0v) is 11.5. The van der Waals surface area contributed by atoms with Gasteiger partial charge in [0.25, 0.3) is 0 Å². The number of amides is 1. The van der Waals surface area contributed by atoms with Crippen molar-refractivity contribution in [2.24, 2.45) is 11.3 Å². The van der Waals surface area contributed by atoms with Crippen molar-refractivity contribution in [3.63, 3.8) is 0 Å². The van der Waals surface area contributed by atoms with Crippen LogP contribution in [0.3, 0.4) is 0 Å². The summed E-state index contributed by atoms with van der Waals surface area (Å²) in [5.74, 6) is -0.821. The van der Waals surface area contributed by atoms with Gasteiger partial charge in [-0.3, -0.25) is 4.79 Å². The van der Waals surface area contributed by atoms with E-state index in [9.17, 15) is 14.7 Å². The molecule has 1 saturated carbocycles. The standard InChI is InChI=1S/C14H23NO3/c1-13(2)7-4-6-10(13)11(16)15-9-5-8-14(15,3)12(17)18/h10H,4-9H2,1-3H3,(H,17,18). The topological polar surface area (TPSA) is 57.6 Å². The lowest BCUT2D eigenvalue weighted by atomic mass is 9.80. The van der Waals surface area contributed by atoms with Gasteiger partial charge in [-0.15, -0.1) is 0 Å². The van der Waals surface area contributed by atoms with E-state index in [0.717, 1.165) is 25.7 Å². The van der Waals surface area contributed by atoms with Gasteiger partial charge >= 0.3 is 5.97 Å². The lowest BCUT2D eigenvalue weighted by molar-refractivity contribution is -0.158. The van der Waals surface area contributed by atoms with Gasteiger partial charge in [-0.1, -0.05) is 20.3 Å². The van der Waals surface area contributed by atoms with Gasteiger partial charge in [0.05, 0.1) is 0 Å². The van der Waals surface area contributed by atoms with Crippen LogP contribution in [0.25, 0.3) is 0 Å². The summed E-state index contributed by atoms with van der Waals surface area (Å²) >= 11 is 0. The second kappa shape index (κ2) is 4.25. The molecule has 1 heterocycles. The third kappa shape index (κ3) is 1.91. The second-order valence-electron chi connectivity index (χ2n) is 6.61. The Morgan fingerprint density at radius 2 is 1.83 bits per heavy atom. The highest BCUT2D eigenvalue weighted by Crippen LogP contribution is 2.45. The van der Waals surface area contributed by atoms with Crippen molar-refractivity contribution in [1.82, 2.24) is 4.90 Å². The SMILES string of the molecule is CC1(C)CCCC1C(=O)N1CCCC1(C)C(=O)O. The van der Waals surface area contributed by atoms with Gasteiger partial charge in [0.2, 0.25) is 5.91 Å². The molecule has 18 heavy (non-hydrogen) atoms. The van der Waals surface area contributed by atoms with Gasteiger partial charge in [0.1, 0.15) is 5.54 Å². The highest BCUT2D eigenvalue weighted by molar-refractivity contribution is 5.89. The molecule has 1 aliphatic heterocycles. The lowest BCUT2D eigenvalue weighted by Gasteiger charge is -2.36. The summed E-state index contributed by atoms with van der Waals surface area (Å²) in [7, 11) is 0. The van der Waals surface area contributed by atoms with E-state index in [-0.39, 0.29) is 17.2 Å². The van der Waals surface area contributed by atoms with Gasteiger partial charge in [-0.25, -0.2) is 4.79 Å². The summed E-state index contributed by atoms with van der Waals surface area (Å²) in [6.07, 6.45) is 4.39. The van der Waals surface area contributed by atoms with Crippen molar-refractivity contribution in [3.8, 4) is 0 Å². The molecule has 4 heteroatoms. The number of nitrogens with zero attached hydrogens (tertiary/aromatic N) is 1. The number of rotatable bonds is 2. The van der Waals surface area contributed by atoms with Crippen LogP contribution in [-0.2, 0) is 9.59 Å². The quantitative estimate of drug-likeness (QED) is 0.821. The highest BCUT2D eigenvalue weighted by Gasteiger charge is 2.50. The van der Waals surface area contributed by atoms with Gasteiger partial charge < -0.3 is 10.0 Å². The van der Waals surface area contributed by atoms with Crippen molar-refractivity contribution in [1.29, 1.82) is 0 Å². The van der Waals surface area contributed by atoms with Crippen LogP contribution in [-0.4, -0.2) is 34.0 Å². The maximum atomic E-state index is 12.6. The Balaban J connectivity index is 2.21. The summed E-state index contributed by atoms with van der Waals surface area (Å²) in [5.41, 5.74) is -0.977. The molecule has 2 atom stereocenters. The Morgan fingerprint density at radius 1 is 1.17 bits per heavy atom. The van der Waals surface area contributed by atoms with Crippen LogP contribution < -0.4 is 0 Å². The smallest absolute Gasteiger partial charge is 0.329 e. The Labute approximate surface area is 108 Å². The minimum atomic E-state index is -0.990. The van der Waals surface area contributed by atoms with E-state index in [4.69, 9.17) is 0 Å². The first-order valence-corrected chi connectivity index (χ1v) is 6.84. The number of hydrogen-bond acceptors (Lipinski definition) is 2. The third-order valence-corrected chi connectivity index (χ3v) is 4.92. The molecule has 2 rings (SSSR count). The fraction of sp³-hybridized carbons (Fsp3) is 0.857. The number of aliphatic carboxylic acids is 1. The molecule has 4 nitrogen and oxygen atoms in total. The van der Waals surface area contributed by atoms with Crippen LogP contribution in [0, 0.1) is 11.3 Å². The molecule has 0 aromatic carbocycles. The average molecular weight is 253 g/mol. The molecule has 2 unspecified atom stereocenters. The molecule has 2 aliphatic rings. The lowest BCUT2D eigenvalue weighted by Crippen LogP contribution is -2.53. The first-order chi connectivity index (χ1) is 8.29. The van der Waals surface area contributed by atoms with Gasteiger partial charge in [0.15, 0.2) is 0 Å². The first kappa shape index (κ1) is 13.4. The van der Waals surface area contributed by atoms with E-state index in [0.29, 0.717) is 13.0 Å². The first-order valence-electron chi connectivity index (χ1n) is 6.84. The predicted molar refractivity (Wildman–Crippen MR) is 68.1 cm³/mol. The molecule has 0 bridgehead atoms. The number of carboxylic acids is 1. The Bertz CT molecular complexity index is 377. The Morgan fingerprint density at radius 3 is 2.33 bits per heavy atom. The van der Waals surface area contributed by atoms with E-state index in [1.54, 1.807) is 11.8 Å². The number of hydrogen-bond donors (Lipinski definition) is 1. The van der Waals surface area contributed by atoms with Gasteiger partial charge in [-0.2, -0.15) is 0 Å². The maximum absolute atomic E-state index is 12.6. The fourth-order valence-electron chi connectivity index (χ4n) is 3.51. The van der Waals surface area contributed by atoms with E-state index in [2.05, 4.69) is 13.8 Å². The van der Waals surface area contributed by atoms with Crippen LogP contribution in [0.1, 0.15) is 52.9 Å². The summed E-state index contributed by atoms with van der Waals surface area (Å²) in [4.78, 5) is 25.7. The monoisotopic (exact) mass is 253 g/mol. The van der Waals surface area contributed by atoms with Crippen LogP contribution in [0.15, 0.2) is 0 Å². The molecule has 1 amide bonds. The number of carboxylic acid groups (broad SMARTS) is 1. The molecule has 0 spiro atoms. The average Bonchev–Trinajstić information content (AvgIpc) is 2.81. The molecule has 1 saturated heterocycles. The summed E-state index contributed by atoms with van der Waals surface area (Å²) in [6.45, 7) is 6.52. The fourth-order valence-corrected chi connectivity index (χ4v) is 3.51. The third-order valence-electron chi connectivity index (χ3n) is 4.92. The molecular weight excluding hydrogens is 230 g/mol. The number of carbonyl (C=O) groups is 2. The van der Waals surface area contributed by atoms with Gasteiger partial charge in [-0.05, 0) is 38.0 Å². The minimum Gasteiger partial charge on any atom is -0.480 e. The van der Waals surface area contributed by atoms with Crippen LogP contribution in [0.5, 0.6) is 0 Å². The molecule has 1 N–H and O–H groups in total. The Hall–Kier alpha value is -1.06. The number of carbonyl (C=O) groups excluding carboxylic acids is 1. The highest BCUT2D eigenvalue weighted by atomic mass is 16.4. The van der Waals surface area contributed by atoms with Crippen molar-refractivity contribution in [2.75, 3.05) is 6.54 Å². The predicted octanol–water partition coefficient (Wildman–Crippen LogP) is 2.28. The summed E-state index contributed by atoms with van der Waals surface area (Å²) in [6, 6.07) is 0. The minimum absolute atomic E-state index is 0.00530. The van der Waals surface area contributed by atoms with Crippen LogP contribution in [0.2, 0.25) is 0 Å². The molecule has 0 aromatic rings. The molecular formula is C14H23NO3. The molecule has 1 aliphatic carbocycles. The van der Waals surface area contributed by atoms with E-state index < -0.39 is 11.5 Å². The normalized spacial score (nSPS) is 34.8. The van der Waals surface area contributed by atoms with Crippen LogP contribution in [0.4, 0.5) is 0 Å². The van der Waals surface area contributed by atoms with Crippen LogP contribution >= 0.6 is 0 Å². The van der Waals surface area contributed by atoms with E-state index in [1.165, 1.54) is 0 Å². The van der Waals surface area contributed by atoms with Crippen molar-refractivity contribution in [3.05, 3.63) is 0 Å². The number of likely N-dealkylation sites (tertiary alicyclic amines) is 1. The zero-order chi connectivity index (χ0) is 13.6. The molecule has 102 valence electrons. The second-order valence-corrected chi connectivity index (χ2v) is 6.61. The van der Waals surface area contributed by atoms with E-state index >= 15 is 0 Å². The molecule has 0 radical (unpaired) electrons. The van der Waals surface area contributed by atoms with Gasteiger partial charge in [0, 0.05) is 12.5 Å². The Kier molecular flexibility index (Phi) is 3.16. The summed E-state index contributed by atoms with van der Waals surface area (Å²) in [5, 5.41) is 9.37. The van der Waals surface area contributed by atoms with Crippen molar-refractivity contribution in [2.45, 2.75) is 58.4 Å². The largest absolute Gasteiger partial charge is 0.480 e. The van der Waals surface area contributed by atoms with E-state index in [1.807, 2.05) is 0 Å². The molecule has 0 aromatic heterocycles. The van der Waals surface area contributed by atoms with Crippen molar-refractivity contribution >= 4 is 11.9 Å². The zero-order valence-electron chi connectivity index (χ0n) is 11.5. The summed E-state index contributed by atoms with van der Waals surface area (Å²) < 4.78 is 0. The van der Waals surface area contributed by atoms with Crippen molar-refractivity contribution < 1.29 is 14.7 Å².